The van der Waals surface area contributed by atoms with E-state index in [-0.39, 0.29) is 5.70 Å². The zero-order valence-corrected chi connectivity index (χ0v) is 8.32. The van der Waals surface area contributed by atoms with Crippen LogP contribution in [0, 0.1) is 17.9 Å². The maximum Gasteiger partial charge on any atom is 0.263 e. The number of halogens is 1. The fraction of sp³-hybridized carbons (Fsp3) is 0. The van der Waals surface area contributed by atoms with Crippen molar-refractivity contribution in [2.75, 3.05) is 0 Å². The average molecular weight is 239 g/mol. The number of thiophene rings is 1. The molecule has 0 saturated carbocycles. The van der Waals surface area contributed by atoms with Gasteiger partial charge in [-0.15, -0.1) is 11.3 Å². The molecule has 0 radical (unpaired) electrons. The molecule has 0 saturated heterocycles. The number of rotatable bonds is 1. The highest BCUT2D eigenvalue weighted by Crippen LogP contribution is 2.24. The van der Waals surface area contributed by atoms with Crippen LogP contribution in [0.25, 0.3) is 10.9 Å². The Hall–Kier alpha value is -1.10. The molecule has 1 heterocycles. The van der Waals surface area contributed by atoms with E-state index in [2.05, 4.69) is 20.8 Å². The number of hydrogen-bond donors (Lipinski definition) is 0. The van der Waals surface area contributed by atoms with Crippen LogP contribution in [0.15, 0.2) is 21.6 Å². The van der Waals surface area contributed by atoms with Crippen LogP contribution in [0.2, 0.25) is 0 Å². The zero-order valence-electron chi connectivity index (χ0n) is 5.91. The van der Waals surface area contributed by atoms with E-state index in [0.717, 1.165) is 8.66 Å². The highest BCUT2D eigenvalue weighted by atomic mass is 79.9. The van der Waals surface area contributed by atoms with Crippen molar-refractivity contribution in [1.82, 2.24) is 0 Å². The molecule has 1 aromatic heterocycles. The number of nitriles is 1. The highest BCUT2D eigenvalue weighted by molar-refractivity contribution is 9.11. The summed E-state index contributed by atoms with van der Waals surface area (Å²) in [5, 5.41) is 8.46. The summed E-state index contributed by atoms with van der Waals surface area (Å²) in [6, 6.07) is 5.55. The highest BCUT2D eigenvalue weighted by Gasteiger charge is 1.96. The van der Waals surface area contributed by atoms with Gasteiger partial charge in [-0.05, 0) is 34.1 Å². The fourth-order valence-corrected chi connectivity index (χ4v) is 1.99. The van der Waals surface area contributed by atoms with Crippen LogP contribution < -0.4 is 0 Å². The van der Waals surface area contributed by atoms with Gasteiger partial charge in [0, 0.05) is 4.88 Å². The van der Waals surface area contributed by atoms with Gasteiger partial charge in [0.05, 0.1) is 16.4 Å². The maximum absolute atomic E-state index is 8.46. The molecule has 4 heteroatoms. The Morgan fingerprint density at radius 1 is 1.75 bits per heavy atom. The Labute approximate surface area is 82.7 Å². The molecule has 2 nitrogen and oxygen atoms in total. The van der Waals surface area contributed by atoms with Crippen LogP contribution in [0.5, 0.6) is 0 Å². The summed E-state index contributed by atoms with van der Waals surface area (Å²) in [5.74, 6) is 0. The van der Waals surface area contributed by atoms with Gasteiger partial charge in [0.2, 0.25) is 0 Å². The van der Waals surface area contributed by atoms with Crippen molar-refractivity contribution in [3.8, 4) is 6.07 Å². The first-order valence-electron chi connectivity index (χ1n) is 3.01. The summed E-state index contributed by atoms with van der Waals surface area (Å²) in [6.07, 6.45) is 1.57. The Bertz CT molecular complexity index is 376. The Kier molecular flexibility index (Phi) is 3.04. The van der Waals surface area contributed by atoms with Crippen LogP contribution in [0.1, 0.15) is 4.88 Å². The van der Waals surface area contributed by atoms with E-state index < -0.39 is 0 Å². The maximum atomic E-state index is 8.46. The Morgan fingerprint density at radius 3 is 2.92 bits per heavy atom. The summed E-state index contributed by atoms with van der Waals surface area (Å²) in [7, 11) is 0. The van der Waals surface area contributed by atoms with E-state index in [9.17, 15) is 0 Å². The average Bonchev–Trinajstić information content (AvgIpc) is 2.47. The smallest absolute Gasteiger partial charge is 0.227 e. The standard InChI is InChI=1S/C8H3BrN2S/c1-11-6(5-10)4-7-2-3-8(9)12-7/h2-4H/b6-4-. The molecule has 0 atom stereocenters. The van der Waals surface area contributed by atoms with Crippen molar-refractivity contribution >= 4 is 33.3 Å². The van der Waals surface area contributed by atoms with Crippen molar-refractivity contribution in [3.05, 3.63) is 37.9 Å². The molecule has 12 heavy (non-hydrogen) atoms. The molecule has 1 rings (SSSR count). The molecule has 0 N–H and O–H groups in total. The predicted molar refractivity (Wildman–Crippen MR) is 52.2 cm³/mol. The fourth-order valence-electron chi connectivity index (χ4n) is 0.630. The molecule has 58 valence electrons. The number of allylic oxidation sites excluding steroid dienone is 1. The second kappa shape index (κ2) is 4.06. The van der Waals surface area contributed by atoms with Crippen molar-refractivity contribution in [2.24, 2.45) is 0 Å². The number of hydrogen-bond acceptors (Lipinski definition) is 2. The Balaban J connectivity index is 2.97. The molecule has 0 amide bonds. The SMILES string of the molecule is [C-]#[N+]/C(C#N)=C\c1ccc(Br)s1. The molecule has 0 aliphatic heterocycles. The monoisotopic (exact) mass is 238 g/mol. The van der Waals surface area contributed by atoms with Gasteiger partial charge in [-0.1, -0.05) is 0 Å². The molecule has 0 fully saturated rings. The molecule has 1 aromatic rings. The van der Waals surface area contributed by atoms with Gasteiger partial charge in [-0.2, -0.15) is 0 Å². The first kappa shape index (κ1) is 8.99. The third kappa shape index (κ3) is 2.20. The van der Waals surface area contributed by atoms with Crippen molar-refractivity contribution in [3.63, 3.8) is 0 Å². The second-order valence-electron chi connectivity index (χ2n) is 1.90. The van der Waals surface area contributed by atoms with E-state index >= 15 is 0 Å². The summed E-state index contributed by atoms with van der Waals surface area (Å²) in [4.78, 5) is 3.96. The second-order valence-corrected chi connectivity index (χ2v) is 4.39. The van der Waals surface area contributed by atoms with Gasteiger partial charge < -0.3 is 0 Å². The molecule has 0 aliphatic rings. The molecule has 0 aliphatic carbocycles. The largest absolute Gasteiger partial charge is 0.263 e. The van der Waals surface area contributed by atoms with Crippen LogP contribution in [0.3, 0.4) is 0 Å². The van der Waals surface area contributed by atoms with E-state index in [1.807, 2.05) is 18.2 Å². The van der Waals surface area contributed by atoms with Crippen LogP contribution >= 0.6 is 27.3 Å². The van der Waals surface area contributed by atoms with Crippen molar-refractivity contribution in [2.45, 2.75) is 0 Å². The van der Waals surface area contributed by atoms with E-state index in [1.54, 1.807) is 6.08 Å². The van der Waals surface area contributed by atoms with Gasteiger partial charge in [-0.25, -0.2) is 10.1 Å². The molecule has 0 unspecified atom stereocenters. The minimum absolute atomic E-state index is 0.115. The minimum Gasteiger partial charge on any atom is -0.227 e. The van der Waals surface area contributed by atoms with Crippen LogP contribution in [0.4, 0.5) is 0 Å². The molecule has 0 bridgehead atoms. The summed E-state index contributed by atoms with van der Waals surface area (Å²) in [6.45, 7) is 6.64. The summed E-state index contributed by atoms with van der Waals surface area (Å²) in [5.41, 5.74) is 0.115. The van der Waals surface area contributed by atoms with Gasteiger partial charge in [0.15, 0.2) is 0 Å². The van der Waals surface area contributed by atoms with E-state index in [4.69, 9.17) is 11.8 Å². The summed E-state index contributed by atoms with van der Waals surface area (Å²) < 4.78 is 0.996. The lowest BCUT2D eigenvalue weighted by Gasteiger charge is -1.81. The van der Waals surface area contributed by atoms with Crippen molar-refractivity contribution in [1.29, 1.82) is 5.26 Å². The van der Waals surface area contributed by atoms with Gasteiger partial charge in [0.25, 0.3) is 5.70 Å². The lowest BCUT2D eigenvalue weighted by atomic mass is 10.4. The van der Waals surface area contributed by atoms with Crippen LogP contribution in [-0.2, 0) is 0 Å². The van der Waals surface area contributed by atoms with Gasteiger partial charge in [-0.3, -0.25) is 0 Å². The lowest BCUT2D eigenvalue weighted by molar-refractivity contribution is 1.51. The lowest BCUT2D eigenvalue weighted by Crippen LogP contribution is -1.65. The minimum atomic E-state index is 0.115. The molecule has 0 spiro atoms. The predicted octanol–water partition coefficient (Wildman–Crippen LogP) is 3.29. The quantitative estimate of drug-likeness (QED) is 0.545. The third-order valence-corrected chi connectivity index (χ3v) is 2.68. The Morgan fingerprint density at radius 2 is 2.50 bits per heavy atom. The first-order chi connectivity index (χ1) is 5.76. The molecular weight excluding hydrogens is 236 g/mol. The number of nitrogens with zero attached hydrogens (tertiary/aromatic N) is 2. The zero-order chi connectivity index (χ0) is 8.97. The third-order valence-electron chi connectivity index (χ3n) is 1.11. The summed E-state index contributed by atoms with van der Waals surface area (Å²) >= 11 is 4.79. The van der Waals surface area contributed by atoms with Gasteiger partial charge in [0.1, 0.15) is 0 Å². The molecule has 0 aromatic carbocycles. The van der Waals surface area contributed by atoms with Gasteiger partial charge >= 0.3 is 0 Å². The van der Waals surface area contributed by atoms with Crippen LogP contribution in [-0.4, -0.2) is 0 Å². The topological polar surface area (TPSA) is 28.1 Å². The normalized spacial score (nSPS) is 10.4. The first-order valence-corrected chi connectivity index (χ1v) is 4.62. The van der Waals surface area contributed by atoms with Crippen molar-refractivity contribution < 1.29 is 0 Å². The van der Waals surface area contributed by atoms with E-state index in [0.29, 0.717) is 0 Å². The van der Waals surface area contributed by atoms with E-state index in [1.165, 1.54) is 11.3 Å². The molecular formula is C8H3BrN2S.